The number of hydrogen-bond acceptors (Lipinski definition) is 6. The second-order valence-electron chi connectivity index (χ2n) is 28.5. The molecule has 96 heavy (non-hydrogen) atoms. The third-order valence-corrected chi connectivity index (χ3v) is 17.4. The van der Waals surface area contributed by atoms with Gasteiger partial charge < -0.3 is 9.15 Å². The SMILES string of the molecule is CC(C)(C)c1cc(-c2cc(OC(=O)Cc3ccc(-n4c(=O)c5cc(-c6cc(C(F)(F)F)cc(C(F)(F)F)c6)c6oc7ccccc7c7c(-c8cc(C(F)(F)F)cc(C(F)(F)F)c8)cc(c4=O)c5c67)cc3)cc(-c3cc(C(C)(C)C)cc(C(C)(C)C)c3)c2C=O)cc(C(C)(C)C)c1. The second-order valence-corrected chi connectivity index (χ2v) is 28.5. The molecule has 0 amide bonds. The van der Waals surface area contributed by atoms with E-state index in [-0.39, 0.29) is 72.5 Å². The van der Waals surface area contributed by atoms with E-state index < -0.39 is 114 Å². The zero-order valence-corrected chi connectivity index (χ0v) is 54.1. The van der Waals surface area contributed by atoms with Gasteiger partial charge in [0, 0.05) is 43.4 Å². The molecule has 7 nitrogen and oxygen atoms in total. The third kappa shape index (κ3) is 12.9. The normalized spacial score (nSPS) is 13.2. The van der Waals surface area contributed by atoms with E-state index in [4.69, 9.17) is 9.15 Å². The van der Waals surface area contributed by atoms with Crippen LogP contribution in [0.4, 0.5) is 52.7 Å². The van der Waals surface area contributed by atoms with Crippen molar-refractivity contribution < 1.29 is 71.4 Å². The minimum atomic E-state index is -5.40. The van der Waals surface area contributed by atoms with Gasteiger partial charge in [-0.2, -0.15) is 52.7 Å². The molecule has 496 valence electrons. The molecule has 0 saturated heterocycles. The lowest BCUT2D eigenvalue weighted by Gasteiger charge is -2.28. The number of carbonyl (C=O) groups is 2. The summed E-state index contributed by atoms with van der Waals surface area (Å²) < 4.78 is 189. The molecule has 0 bridgehead atoms. The molecule has 9 aromatic carbocycles. The number of aldehydes is 1. The van der Waals surface area contributed by atoms with Gasteiger partial charge in [-0.1, -0.05) is 150 Å². The highest BCUT2D eigenvalue weighted by Gasteiger charge is 2.40. The van der Waals surface area contributed by atoms with Crippen molar-refractivity contribution in [3.8, 4) is 55.9 Å². The smallest absolute Gasteiger partial charge is 0.416 e. The maximum atomic E-state index is 15.3. The van der Waals surface area contributed by atoms with E-state index in [9.17, 15) is 62.3 Å². The number of benzene rings is 9. The maximum absolute atomic E-state index is 15.3. The Morgan fingerprint density at radius 2 is 0.781 bits per heavy atom. The molecular weight excluding hydrogens is 1260 g/mol. The highest BCUT2D eigenvalue weighted by atomic mass is 19.4. The monoisotopic (exact) mass is 1330 g/mol. The molecule has 0 aliphatic heterocycles. The van der Waals surface area contributed by atoms with E-state index in [1.54, 1.807) is 12.1 Å². The summed E-state index contributed by atoms with van der Waals surface area (Å²) >= 11 is 0. The number of pyridine rings is 1. The number of alkyl halides is 12. The van der Waals surface area contributed by atoms with E-state index >= 15 is 9.59 Å². The summed E-state index contributed by atoms with van der Waals surface area (Å²) in [5.74, 6) is -0.718. The first-order valence-corrected chi connectivity index (χ1v) is 30.5. The fourth-order valence-electron chi connectivity index (χ4n) is 12.1. The topological polar surface area (TPSA) is 95.6 Å². The number of esters is 1. The molecule has 0 aliphatic rings. The van der Waals surface area contributed by atoms with Crippen LogP contribution >= 0.6 is 0 Å². The van der Waals surface area contributed by atoms with Crippen LogP contribution in [0.2, 0.25) is 0 Å². The van der Waals surface area contributed by atoms with Crippen LogP contribution in [0.1, 0.15) is 144 Å². The van der Waals surface area contributed by atoms with Crippen molar-refractivity contribution in [2.24, 2.45) is 0 Å². The fourth-order valence-corrected chi connectivity index (χ4v) is 12.1. The Labute approximate surface area is 543 Å². The number of hydrogen-bond donors (Lipinski definition) is 0. The van der Waals surface area contributed by atoms with Gasteiger partial charge in [0.2, 0.25) is 0 Å². The van der Waals surface area contributed by atoms with Crippen molar-refractivity contribution >= 4 is 55.7 Å². The third-order valence-electron chi connectivity index (χ3n) is 17.4. The Balaban J connectivity index is 1.10. The Morgan fingerprint density at radius 1 is 0.417 bits per heavy atom. The van der Waals surface area contributed by atoms with Crippen molar-refractivity contribution in [1.29, 1.82) is 0 Å². The molecule has 0 fully saturated rings. The standard InChI is InChI=1S/C77H63F12NO6/c1-70(2,3)44-22-40(23-45(30-44)71(4,5)6)55-34-53(35-56(61(55)38-91)41-24-46(72(7,8)9)31-47(25-41)73(10,11)12)95-63(92)21-39-17-19-52(20-18-39)90-68(93)59-36-57(42-26-48(74(78,79)80)32-49(27-42)75(81,82)83)64-54-15-13-14-16-62(54)96-67-58(37-60(69(90)94)65(59)66(64)67)43-28-50(76(84,85)86)33-51(29-43)77(87,88)89/h13-20,22-38H,21H2,1-12H3. The number of carbonyl (C=O) groups excluding carboxylic acids is 2. The molecule has 0 atom stereocenters. The molecule has 0 radical (unpaired) electrons. The summed E-state index contributed by atoms with van der Waals surface area (Å²) in [6, 6.07) is 29.4. The predicted molar refractivity (Wildman–Crippen MR) is 350 cm³/mol. The Morgan fingerprint density at radius 3 is 1.18 bits per heavy atom. The lowest BCUT2D eigenvalue weighted by Crippen LogP contribution is -2.32. The number of nitrogens with zero attached hydrogens (tertiary/aromatic N) is 1. The molecule has 11 aromatic rings. The van der Waals surface area contributed by atoms with Crippen molar-refractivity contribution in [3.63, 3.8) is 0 Å². The van der Waals surface area contributed by atoms with Crippen LogP contribution in [0.25, 0.3) is 93.7 Å². The van der Waals surface area contributed by atoms with Crippen molar-refractivity contribution in [3.05, 3.63) is 222 Å². The van der Waals surface area contributed by atoms with Crippen LogP contribution in [0.3, 0.4) is 0 Å². The lowest BCUT2D eigenvalue weighted by molar-refractivity contribution is -0.144. The van der Waals surface area contributed by atoms with Gasteiger partial charge in [0.1, 0.15) is 16.9 Å². The number of aromatic nitrogens is 1. The van der Waals surface area contributed by atoms with Crippen LogP contribution in [0.5, 0.6) is 5.75 Å². The van der Waals surface area contributed by atoms with E-state index in [2.05, 4.69) is 95.2 Å². The zero-order chi connectivity index (χ0) is 70.3. The first-order chi connectivity index (χ1) is 44.3. The minimum Gasteiger partial charge on any atom is -0.455 e. The highest BCUT2D eigenvalue weighted by Crippen LogP contribution is 2.50. The number of ether oxygens (including phenoxy) is 1. The molecule has 19 heteroatoms. The Bertz CT molecular complexity index is 4860. The zero-order valence-electron chi connectivity index (χ0n) is 54.1. The number of halogens is 12. The quantitative estimate of drug-likeness (QED) is 0.0357. The summed E-state index contributed by atoms with van der Waals surface area (Å²) in [6.45, 7) is 24.9. The van der Waals surface area contributed by atoms with Crippen molar-refractivity contribution in [1.82, 2.24) is 4.57 Å². The summed E-state index contributed by atoms with van der Waals surface area (Å²) in [5.41, 5.74) is -7.65. The average molecular weight is 1330 g/mol. The molecule has 2 heterocycles. The largest absolute Gasteiger partial charge is 0.455 e. The van der Waals surface area contributed by atoms with E-state index in [0.29, 0.717) is 56.6 Å². The average Bonchev–Trinajstić information content (AvgIpc) is 0.693. The minimum absolute atomic E-state index is 0.0444. The van der Waals surface area contributed by atoms with Gasteiger partial charge in [-0.05, 0) is 167 Å². The van der Waals surface area contributed by atoms with Crippen molar-refractivity contribution in [2.75, 3.05) is 0 Å². The molecule has 2 aromatic heterocycles. The van der Waals surface area contributed by atoms with Crippen molar-refractivity contribution in [2.45, 2.75) is 136 Å². The summed E-state index contributed by atoms with van der Waals surface area (Å²) in [7, 11) is 0. The van der Waals surface area contributed by atoms with E-state index in [0.717, 1.165) is 40.7 Å². The molecule has 0 N–H and O–H groups in total. The summed E-state index contributed by atoms with van der Waals surface area (Å²) in [4.78, 5) is 58.7. The molecule has 0 unspecified atom stereocenters. The molecular formula is C77H63F12NO6. The number of para-hydroxylation sites is 1. The first-order valence-electron chi connectivity index (χ1n) is 30.5. The van der Waals surface area contributed by atoms with Gasteiger partial charge in [-0.25, -0.2) is 4.57 Å². The van der Waals surface area contributed by atoms with Crippen LogP contribution in [0, 0.1) is 0 Å². The molecule has 0 saturated carbocycles. The van der Waals surface area contributed by atoms with Gasteiger partial charge in [-0.3, -0.25) is 19.2 Å². The van der Waals surface area contributed by atoms with Gasteiger partial charge in [0.15, 0.2) is 6.29 Å². The maximum Gasteiger partial charge on any atom is 0.416 e. The molecule has 11 rings (SSSR count). The Kier molecular flexibility index (Phi) is 16.3. The lowest BCUT2D eigenvalue weighted by atomic mass is 9.77. The molecule has 0 aliphatic carbocycles. The molecule has 0 spiro atoms. The van der Waals surface area contributed by atoms with Crippen LogP contribution < -0.4 is 15.9 Å². The number of fused-ring (bicyclic) bond motifs is 2. The highest BCUT2D eigenvalue weighted by molar-refractivity contribution is 6.32. The van der Waals surface area contributed by atoms with Gasteiger partial charge >= 0.3 is 30.7 Å². The summed E-state index contributed by atoms with van der Waals surface area (Å²) in [6.07, 6.45) is -21.2. The van der Waals surface area contributed by atoms with Gasteiger partial charge in [-0.15, -0.1) is 0 Å². The second kappa shape index (κ2) is 23.1. The van der Waals surface area contributed by atoms with Crippen LogP contribution in [-0.2, 0) is 57.6 Å². The Hall–Kier alpha value is -9.52. The van der Waals surface area contributed by atoms with E-state index in [1.165, 1.54) is 48.5 Å². The summed E-state index contributed by atoms with van der Waals surface area (Å²) in [5, 5.41) is -2.12. The van der Waals surface area contributed by atoms with Gasteiger partial charge in [0.05, 0.1) is 34.4 Å². The first kappa shape index (κ1) is 67.9. The van der Waals surface area contributed by atoms with Crippen LogP contribution in [0.15, 0.2) is 160 Å². The fraction of sp³-hybridized carbons (Fsp3) is 0.273. The number of rotatable bonds is 9. The van der Waals surface area contributed by atoms with Crippen LogP contribution in [-0.4, -0.2) is 16.8 Å². The van der Waals surface area contributed by atoms with E-state index in [1.807, 2.05) is 24.3 Å². The predicted octanol–water partition coefficient (Wildman–Crippen LogP) is 21.7. The van der Waals surface area contributed by atoms with Gasteiger partial charge in [0.25, 0.3) is 11.1 Å².